The summed E-state index contributed by atoms with van der Waals surface area (Å²) in [5.74, 6) is 4.77. The summed E-state index contributed by atoms with van der Waals surface area (Å²) in [7, 11) is 0. The highest BCUT2D eigenvalue weighted by atomic mass is 35.5. The van der Waals surface area contributed by atoms with Gasteiger partial charge in [0.25, 0.3) is 11.8 Å². The first kappa shape index (κ1) is 17.3. The van der Waals surface area contributed by atoms with Gasteiger partial charge in [0.15, 0.2) is 12.1 Å². The maximum absolute atomic E-state index is 12.0. The van der Waals surface area contributed by atoms with E-state index in [1.165, 1.54) is 12.7 Å². The summed E-state index contributed by atoms with van der Waals surface area (Å²) in [6.45, 7) is 2.01. The van der Waals surface area contributed by atoms with Crippen LogP contribution in [-0.2, 0) is 0 Å². The van der Waals surface area contributed by atoms with Crippen LogP contribution in [0, 0.1) is 18.8 Å². The van der Waals surface area contributed by atoms with Crippen molar-refractivity contribution in [1.29, 1.82) is 0 Å². The van der Waals surface area contributed by atoms with E-state index in [9.17, 15) is 9.59 Å². The first-order valence-corrected chi connectivity index (χ1v) is 7.92. The molecule has 23 heavy (non-hydrogen) atoms. The van der Waals surface area contributed by atoms with Crippen molar-refractivity contribution < 1.29 is 14.0 Å². The van der Waals surface area contributed by atoms with Crippen molar-refractivity contribution in [3.8, 4) is 11.8 Å². The van der Waals surface area contributed by atoms with Crippen LogP contribution < -0.4 is 10.6 Å². The summed E-state index contributed by atoms with van der Waals surface area (Å²) in [5.41, 5.74) is 0.828. The fourth-order valence-corrected chi connectivity index (χ4v) is 3.03. The minimum atomic E-state index is -0.379. The SMILES string of the molecule is Cc1c(C(=O)NCC#CCNC(=O)c2cocn2)sc(Cl)c1Cl. The molecule has 0 aliphatic rings. The van der Waals surface area contributed by atoms with E-state index in [0.717, 1.165) is 11.3 Å². The molecule has 2 aromatic heterocycles. The number of halogens is 2. The number of amides is 2. The van der Waals surface area contributed by atoms with Crippen molar-refractivity contribution in [1.82, 2.24) is 15.6 Å². The number of hydrogen-bond donors (Lipinski definition) is 2. The van der Waals surface area contributed by atoms with Crippen molar-refractivity contribution in [2.24, 2.45) is 0 Å². The first-order chi connectivity index (χ1) is 11.0. The Hall–Kier alpha value is -2.01. The van der Waals surface area contributed by atoms with E-state index in [2.05, 4.69) is 27.5 Å². The van der Waals surface area contributed by atoms with E-state index in [-0.39, 0.29) is 30.6 Å². The largest absolute Gasteiger partial charge is 0.451 e. The zero-order valence-electron chi connectivity index (χ0n) is 11.9. The summed E-state index contributed by atoms with van der Waals surface area (Å²) in [5, 5.41) is 5.57. The Kier molecular flexibility index (Phi) is 6.04. The van der Waals surface area contributed by atoms with Gasteiger partial charge >= 0.3 is 0 Å². The van der Waals surface area contributed by atoms with Gasteiger partial charge in [0.2, 0.25) is 0 Å². The minimum Gasteiger partial charge on any atom is -0.451 e. The molecule has 0 atom stereocenters. The van der Waals surface area contributed by atoms with Crippen LogP contribution in [0.5, 0.6) is 0 Å². The van der Waals surface area contributed by atoms with E-state index in [1.54, 1.807) is 6.92 Å². The Bertz CT molecular complexity index is 775. The molecule has 2 N–H and O–H groups in total. The van der Waals surface area contributed by atoms with Crippen LogP contribution in [0.2, 0.25) is 9.36 Å². The van der Waals surface area contributed by atoms with Crippen LogP contribution in [0.4, 0.5) is 0 Å². The first-order valence-electron chi connectivity index (χ1n) is 6.35. The van der Waals surface area contributed by atoms with Gasteiger partial charge in [-0.05, 0) is 12.5 Å². The molecule has 0 spiro atoms. The molecule has 6 nitrogen and oxygen atoms in total. The maximum atomic E-state index is 12.0. The molecule has 0 unspecified atom stereocenters. The fraction of sp³-hybridized carbons (Fsp3) is 0.214. The molecule has 0 saturated heterocycles. The Morgan fingerprint density at radius 3 is 2.43 bits per heavy atom. The van der Waals surface area contributed by atoms with E-state index >= 15 is 0 Å². The summed E-state index contributed by atoms with van der Waals surface area (Å²) >= 11 is 12.9. The van der Waals surface area contributed by atoms with Gasteiger partial charge in [-0.1, -0.05) is 35.0 Å². The van der Waals surface area contributed by atoms with E-state index < -0.39 is 0 Å². The van der Waals surface area contributed by atoms with Crippen molar-refractivity contribution in [3.05, 3.63) is 38.2 Å². The smallest absolute Gasteiger partial charge is 0.273 e. The van der Waals surface area contributed by atoms with Gasteiger partial charge in [0, 0.05) is 0 Å². The minimum absolute atomic E-state index is 0.136. The van der Waals surface area contributed by atoms with Crippen LogP contribution in [0.3, 0.4) is 0 Å². The molecular weight excluding hydrogens is 361 g/mol. The second kappa shape index (κ2) is 8.02. The molecule has 9 heteroatoms. The lowest BCUT2D eigenvalue weighted by Gasteiger charge is -1.99. The second-order valence-corrected chi connectivity index (χ2v) is 6.24. The topological polar surface area (TPSA) is 84.2 Å². The number of hydrogen-bond acceptors (Lipinski definition) is 5. The van der Waals surface area contributed by atoms with Crippen LogP contribution in [-0.4, -0.2) is 29.9 Å². The number of oxazole rings is 1. The number of thiophene rings is 1. The number of nitrogens with one attached hydrogen (secondary N) is 2. The highest BCUT2D eigenvalue weighted by Gasteiger charge is 2.17. The molecule has 2 rings (SSSR count). The number of aromatic nitrogens is 1. The maximum Gasteiger partial charge on any atom is 0.273 e. The van der Waals surface area contributed by atoms with Crippen LogP contribution in [0.1, 0.15) is 25.7 Å². The Morgan fingerprint density at radius 2 is 1.91 bits per heavy atom. The zero-order valence-corrected chi connectivity index (χ0v) is 14.2. The van der Waals surface area contributed by atoms with Gasteiger partial charge in [0.05, 0.1) is 23.0 Å². The molecule has 120 valence electrons. The van der Waals surface area contributed by atoms with Crippen molar-refractivity contribution in [3.63, 3.8) is 0 Å². The monoisotopic (exact) mass is 371 g/mol. The molecule has 2 amide bonds. The third kappa shape index (κ3) is 4.48. The third-order valence-corrected chi connectivity index (χ3v) is 4.89. The molecular formula is C14H11Cl2N3O3S. The van der Waals surface area contributed by atoms with Crippen molar-refractivity contribution in [2.75, 3.05) is 13.1 Å². The fourth-order valence-electron chi connectivity index (χ4n) is 1.54. The molecule has 2 heterocycles. The highest BCUT2D eigenvalue weighted by molar-refractivity contribution is 7.19. The third-order valence-electron chi connectivity index (χ3n) is 2.70. The van der Waals surface area contributed by atoms with Gasteiger partial charge in [-0.25, -0.2) is 4.98 Å². The molecule has 2 aromatic rings. The standard InChI is InChI=1S/C14H11Cl2N3O3S/c1-8-10(15)12(16)23-11(8)14(21)18-5-3-2-4-17-13(20)9-6-22-7-19-9/h6-7H,4-5H2,1H3,(H,17,20)(H,18,21). The van der Waals surface area contributed by atoms with Gasteiger partial charge < -0.3 is 15.1 Å². The van der Waals surface area contributed by atoms with Gasteiger partial charge in [-0.2, -0.15) is 0 Å². The molecule has 0 fully saturated rings. The molecule has 0 radical (unpaired) electrons. The number of rotatable bonds is 4. The predicted octanol–water partition coefficient (Wildman–Crippen LogP) is 2.51. The normalized spacial score (nSPS) is 9.87. The van der Waals surface area contributed by atoms with Gasteiger partial charge in [-0.15, -0.1) is 11.3 Å². The Labute approximate surface area is 146 Å². The number of nitrogens with zero attached hydrogens (tertiary/aromatic N) is 1. The second-order valence-electron chi connectivity index (χ2n) is 4.24. The van der Waals surface area contributed by atoms with Crippen molar-refractivity contribution >= 4 is 46.4 Å². The quantitative estimate of drug-likeness (QED) is 0.808. The van der Waals surface area contributed by atoms with Gasteiger partial charge in [0.1, 0.15) is 10.6 Å². The van der Waals surface area contributed by atoms with Gasteiger partial charge in [-0.3, -0.25) is 9.59 Å². The Balaban J connectivity index is 1.76. The molecule has 0 aliphatic heterocycles. The summed E-state index contributed by atoms with van der Waals surface area (Å²) in [6.07, 6.45) is 2.41. The van der Waals surface area contributed by atoms with Crippen LogP contribution in [0.15, 0.2) is 17.1 Å². The Morgan fingerprint density at radius 1 is 1.26 bits per heavy atom. The summed E-state index contributed by atoms with van der Waals surface area (Å²) < 4.78 is 5.08. The molecule has 0 aromatic carbocycles. The number of carbonyl (C=O) groups is 2. The van der Waals surface area contributed by atoms with E-state index in [0.29, 0.717) is 19.8 Å². The zero-order chi connectivity index (χ0) is 16.8. The van der Waals surface area contributed by atoms with E-state index in [1.807, 2.05) is 0 Å². The lowest BCUT2D eigenvalue weighted by Crippen LogP contribution is -2.25. The van der Waals surface area contributed by atoms with E-state index in [4.69, 9.17) is 27.6 Å². The summed E-state index contributed by atoms with van der Waals surface area (Å²) in [4.78, 5) is 27.6. The van der Waals surface area contributed by atoms with Crippen LogP contribution in [0.25, 0.3) is 0 Å². The average Bonchev–Trinajstić information content (AvgIpc) is 3.15. The molecule has 0 saturated carbocycles. The lowest BCUT2D eigenvalue weighted by molar-refractivity contribution is 0.0948. The predicted molar refractivity (Wildman–Crippen MR) is 88.0 cm³/mol. The molecule has 0 bridgehead atoms. The van der Waals surface area contributed by atoms with Crippen LogP contribution >= 0.6 is 34.5 Å². The number of carbonyl (C=O) groups excluding carboxylic acids is 2. The highest BCUT2D eigenvalue weighted by Crippen LogP contribution is 2.36. The lowest BCUT2D eigenvalue weighted by atomic mass is 10.3. The van der Waals surface area contributed by atoms with Crippen molar-refractivity contribution in [2.45, 2.75) is 6.92 Å². The average molecular weight is 372 g/mol. The summed E-state index contributed by atoms with van der Waals surface area (Å²) in [6, 6.07) is 0. The molecule has 0 aliphatic carbocycles.